The molecule has 0 aliphatic heterocycles. The van der Waals surface area contributed by atoms with Crippen LogP contribution < -0.4 is 4.89 Å². The zero-order valence-corrected chi connectivity index (χ0v) is 24.2. The smallest absolute Gasteiger partial charge is 0.267 e. The Morgan fingerprint density at radius 1 is 0.500 bits per heavy atom. The maximum Gasteiger partial charge on any atom is 0.267 e. The van der Waals surface area contributed by atoms with E-state index in [2.05, 4.69) is 13.8 Å². The first-order chi connectivity index (χ1) is 14.1. The van der Waals surface area contributed by atoms with Gasteiger partial charge in [0.1, 0.15) is 0 Å². The van der Waals surface area contributed by atoms with Crippen LogP contribution in [0.1, 0.15) is 142 Å². The minimum absolute atomic E-state index is 0. The second-order valence-electron chi connectivity index (χ2n) is 8.48. The van der Waals surface area contributed by atoms with Gasteiger partial charge in [0, 0.05) is 40.8 Å². The summed E-state index contributed by atoms with van der Waals surface area (Å²) in [6.07, 6.45) is 24.5. The molecule has 0 fully saturated rings. The zero-order valence-electron chi connectivity index (χ0n) is 20.1. The fraction of sp³-hybridized carbons (Fsp3) is 1.00. The van der Waals surface area contributed by atoms with Crippen LogP contribution in [0.4, 0.5) is 0 Å². The van der Waals surface area contributed by atoms with Gasteiger partial charge in [-0.2, -0.15) is 0 Å². The Morgan fingerprint density at radius 2 is 0.733 bits per heavy atom. The average Bonchev–Trinajstić information content (AvgIpc) is 2.70. The van der Waals surface area contributed by atoms with Crippen molar-refractivity contribution in [1.29, 1.82) is 0 Å². The van der Waals surface area contributed by atoms with Crippen LogP contribution in [-0.4, -0.2) is 13.2 Å². The predicted octanol–water partition coefficient (Wildman–Crippen LogP) is 8.33. The Kier molecular flexibility index (Phi) is 29.9. The van der Waals surface area contributed by atoms with Crippen molar-refractivity contribution in [2.45, 2.75) is 142 Å². The van der Waals surface area contributed by atoms with Gasteiger partial charge >= 0.3 is 0 Å². The summed E-state index contributed by atoms with van der Waals surface area (Å²) in [6, 6.07) is 0. The van der Waals surface area contributed by atoms with Crippen LogP contribution in [0.25, 0.3) is 0 Å². The van der Waals surface area contributed by atoms with Crippen molar-refractivity contribution >= 4 is 7.82 Å². The number of phosphoric ester groups is 1. The van der Waals surface area contributed by atoms with Gasteiger partial charge in [0.2, 0.25) is 0 Å². The standard InChI is InChI=1S/C24H51O4P.Nd/c1-3-5-7-9-11-13-15-17-19-21-23-27-29(25,26)28-24-22-20-18-16-14-12-10-8-6-4-2;/h3-24H2,1-2H3,(H,25,26);/p-1. The average molecular weight is 578 g/mol. The van der Waals surface area contributed by atoms with Crippen molar-refractivity contribution in [3.05, 3.63) is 0 Å². The molecule has 6 heteroatoms. The second-order valence-corrected chi connectivity index (χ2v) is 9.89. The quantitative estimate of drug-likeness (QED) is 0.0855. The van der Waals surface area contributed by atoms with Crippen LogP contribution in [0.2, 0.25) is 0 Å². The molecule has 0 aromatic heterocycles. The molecule has 0 aliphatic carbocycles. The van der Waals surface area contributed by atoms with Crippen LogP contribution in [0, 0.1) is 40.8 Å². The molecule has 0 amide bonds. The second kappa shape index (κ2) is 26.7. The van der Waals surface area contributed by atoms with E-state index in [9.17, 15) is 9.46 Å². The number of hydrogen-bond acceptors (Lipinski definition) is 4. The molecule has 0 spiro atoms. The molecule has 0 N–H and O–H groups in total. The topological polar surface area (TPSA) is 58.6 Å². The summed E-state index contributed by atoms with van der Waals surface area (Å²) >= 11 is 0. The Balaban J connectivity index is 0. The van der Waals surface area contributed by atoms with Gasteiger partial charge in [-0.15, -0.1) is 0 Å². The van der Waals surface area contributed by atoms with E-state index in [1.807, 2.05) is 0 Å². The van der Waals surface area contributed by atoms with Crippen LogP contribution in [-0.2, 0) is 13.6 Å². The molecule has 0 radical (unpaired) electrons. The monoisotopic (exact) mass is 575 g/mol. The fourth-order valence-corrected chi connectivity index (χ4v) is 4.35. The van der Waals surface area contributed by atoms with Crippen LogP contribution in [0.15, 0.2) is 0 Å². The summed E-state index contributed by atoms with van der Waals surface area (Å²) in [5, 5.41) is 0. The minimum atomic E-state index is -4.10. The zero-order chi connectivity index (χ0) is 21.5. The summed E-state index contributed by atoms with van der Waals surface area (Å²) in [5.41, 5.74) is 0. The summed E-state index contributed by atoms with van der Waals surface area (Å²) in [4.78, 5) is 11.7. The summed E-state index contributed by atoms with van der Waals surface area (Å²) in [7, 11) is -4.10. The number of phosphoric acid groups is 1. The van der Waals surface area contributed by atoms with Crippen molar-refractivity contribution in [3.8, 4) is 0 Å². The van der Waals surface area contributed by atoms with Gasteiger partial charge in [-0.1, -0.05) is 129 Å². The molecule has 4 nitrogen and oxygen atoms in total. The van der Waals surface area contributed by atoms with Gasteiger partial charge in [-0.3, -0.25) is 4.57 Å². The molecule has 30 heavy (non-hydrogen) atoms. The summed E-state index contributed by atoms with van der Waals surface area (Å²) < 4.78 is 21.7. The van der Waals surface area contributed by atoms with E-state index in [-0.39, 0.29) is 54.1 Å². The summed E-state index contributed by atoms with van der Waals surface area (Å²) in [6.45, 7) is 5.00. The third-order valence-corrected chi connectivity index (χ3v) is 6.49. The molecule has 0 saturated carbocycles. The largest absolute Gasteiger partial charge is 0.756 e. The number of rotatable bonds is 24. The molecular formula is C24H50NdO4P-. The fourth-order valence-electron chi connectivity index (χ4n) is 3.57. The van der Waals surface area contributed by atoms with E-state index in [1.54, 1.807) is 0 Å². The Bertz CT molecular complexity index is 339. The molecule has 0 aromatic carbocycles. The normalized spacial score (nSPS) is 11.6. The Morgan fingerprint density at radius 3 is 1.00 bits per heavy atom. The summed E-state index contributed by atoms with van der Waals surface area (Å²) in [5.74, 6) is 0. The van der Waals surface area contributed by atoms with Crippen molar-refractivity contribution in [1.82, 2.24) is 0 Å². The molecule has 180 valence electrons. The Labute approximate surface area is 221 Å². The van der Waals surface area contributed by atoms with Crippen LogP contribution in [0.5, 0.6) is 0 Å². The predicted molar refractivity (Wildman–Crippen MR) is 123 cm³/mol. The molecule has 0 unspecified atom stereocenters. The van der Waals surface area contributed by atoms with Crippen molar-refractivity contribution in [3.63, 3.8) is 0 Å². The first-order valence-corrected chi connectivity index (χ1v) is 14.2. The van der Waals surface area contributed by atoms with E-state index in [0.717, 1.165) is 25.7 Å². The maximum atomic E-state index is 11.7. The van der Waals surface area contributed by atoms with Crippen molar-refractivity contribution in [2.75, 3.05) is 13.2 Å². The van der Waals surface area contributed by atoms with Gasteiger partial charge < -0.3 is 13.9 Å². The maximum absolute atomic E-state index is 11.7. The molecule has 0 aliphatic rings. The van der Waals surface area contributed by atoms with Gasteiger partial charge in [-0.05, 0) is 12.8 Å². The third-order valence-electron chi connectivity index (χ3n) is 5.49. The molecule has 0 saturated heterocycles. The molecular weight excluding hydrogens is 527 g/mol. The molecule has 0 bridgehead atoms. The first kappa shape index (κ1) is 33.6. The van der Waals surface area contributed by atoms with E-state index in [1.165, 1.54) is 103 Å². The van der Waals surface area contributed by atoms with E-state index in [4.69, 9.17) is 9.05 Å². The van der Waals surface area contributed by atoms with Crippen molar-refractivity contribution in [2.24, 2.45) is 0 Å². The van der Waals surface area contributed by atoms with E-state index < -0.39 is 7.82 Å². The van der Waals surface area contributed by atoms with E-state index >= 15 is 0 Å². The number of unbranched alkanes of at least 4 members (excludes halogenated alkanes) is 18. The number of hydrogen-bond donors (Lipinski definition) is 0. The molecule has 0 aromatic rings. The molecule has 0 atom stereocenters. The molecule has 0 heterocycles. The third kappa shape index (κ3) is 27.5. The SMILES string of the molecule is CCCCCCCCCCCCOP(=O)([O-])OCCCCCCCCCCCC.[Nd]. The van der Waals surface area contributed by atoms with Crippen LogP contribution in [0.3, 0.4) is 0 Å². The van der Waals surface area contributed by atoms with Gasteiger partial charge in [0.25, 0.3) is 7.82 Å². The van der Waals surface area contributed by atoms with Gasteiger partial charge in [-0.25, -0.2) is 0 Å². The van der Waals surface area contributed by atoms with Crippen molar-refractivity contribution < 1.29 is 59.3 Å². The van der Waals surface area contributed by atoms with Gasteiger partial charge in [0.15, 0.2) is 0 Å². The first-order valence-electron chi connectivity index (χ1n) is 12.7. The van der Waals surface area contributed by atoms with Gasteiger partial charge in [0.05, 0.1) is 13.2 Å². The molecule has 0 rings (SSSR count). The minimum Gasteiger partial charge on any atom is -0.756 e. The van der Waals surface area contributed by atoms with E-state index in [0.29, 0.717) is 0 Å². The van der Waals surface area contributed by atoms with Crippen LogP contribution >= 0.6 is 7.82 Å². The Hall–Kier alpha value is 1.46.